The van der Waals surface area contributed by atoms with Gasteiger partial charge >= 0.3 is 5.91 Å². The summed E-state index contributed by atoms with van der Waals surface area (Å²) in [5, 5.41) is 14.7. The number of nitrogens with one attached hydrogen (secondary N) is 1. The molecule has 29 heavy (non-hydrogen) atoms. The highest BCUT2D eigenvalue weighted by atomic mass is 32.1. The van der Waals surface area contributed by atoms with Gasteiger partial charge in [0.15, 0.2) is 17.2 Å². The maximum absolute atomic E-state index is 13.1. The van der Waals surface area contributed by atoms with E-state index >= 15 is 0 Å². The van der Waals surface area contributed by atoms with Gasteiger partial charge in [0, 0.05) is 22.5 Å². The quantitative estimate of drug-likeness (QED) is 0.491. The van der Waals surface area contributed by atoms with Gasteiger partial charge < -0.3 is 4.42 Å². The zero-order chi connectivity index (χ0) is 19.6. The average Bonchev–Trinajstić information content (AvgIpc) is 3.54. The minimum absolute atomic E-state index is 0.131. The van der Waals surface area contributed by atoms with Gasteiger partial charge in [0.05, 0.1) is 12.0 Å². The lowest BCUT2D eigenvalue weighted by Gasteiger charge is -2.06. The molecule has 1 aliphatic rings. The summed E-state index contributed by atoms with van der Waals surface area (Å²) in [4.78, 5) is 21.7. The number of nitrogens with zero attached hydrogens (tertiary/aromatic N) is 5. The number of anilines is 2. The van der Waals surface area contributed by atoms with Crippen LogP contribution in [-0.4, -0.2) is 27.3 Å². The first-order chi connectivity index (χ1) is 14.3. The van der Waals surface area contributed by atoms with E-state index in [-0.39, 0.29) is 5.71 Å². The maximum atomic E-state index is 13.1. The number of furan rings is 1. The normalized spacial score (nSPS) is 15.2. The number of hydrogen-bond donors (Lipinski definition) is 1. The average molecular weight is 420 g/mol. The molecule has 1 amide bonds. The van der Waals surface area contributed by atoms with Crippen LogP contribution in [0.2, 0.25) is 0 Å². The Hall–Kier alpha value is -3.63. The monoisotopic (exact) mass is 420 g/mol. The number of hydrazone groups is 2. The van der Waals surface area contributed by atoms with Crippen LogP contribution in [-0.2, 0) is 4.79 Å². The fraction of sp³-hybridized carbons (Fsp3) is 0. The molecule has 0 spiro atoms. The third-order valence-corrected chi connectivity index (χ3v) is 5.51. The molecule has 4 aromatic rings. The number of aromatic nitrogens is 2. The summed E-state index contributed by atoms with van der Waals surface area (Å²) >= 11 is 2.71. The number of hydrogen-bond acceptors (Lipinski definition) is 9. The highest BCUT2D eigenvalue weighted by Gasteiger charge is 2.37. The number of benzene rings is 1. The zero-order valence-electron chi connectivity index (χ0n) is 14.7. The molecule has 0 saturated heterocycles. The Bertz CT molecular complexity index is 1200. The lowest BCUT2D eigenvalue weighted by atomic mass is 10.2. The smallest absolute Gasteiger partial charge is 0.303 e. The molecule has 0 unspecified atom stereocenters. The van der Waals surface area contributed by atoms with E-state index in [0.717, 1.165) is 11.3 Å². The summed E-state index contributed by atoms with van der Waals surface area (Å²) in [6, 6.07) is 13.2. The number of rotatable bonds is 5. The lowest BCUT2D eigenvalue weighted by molar-refractivity contribution is -0.112. The minimum Gasteiger partial charge on any atom is -0.463 e. The third kappa shape index (κ3) is 3.35. The van der Waals surface area contributed by atoms with Gasteiger partial charge in [-0.3, -0.25) is 10.2 Å². The molecule has 1 aliphatic heterocycles. The van der Waals surface area contributed by atoms with E-state index < -0.39 is 5.91 Å². The van der Waals surface area contributed by atoms with E-state index in [9.17, 15) is 4.79 Å². The van der Waals surface area contributed by atoms with E-state index in [2.05, 4.69) is 25.6 Å². The Kier molecular flexibility index (Phi) is 4.47. The number of carbonyl (C=O) groups is 1. The number of amides is 1. The van der Waals surface area contributed by atoms with Crippen LogP contribution in [0.1, 0.15) is 5.76 Å². The van der Waals surface area contributed by atoms with E-state index in [0.29, 0.717) is 21.7 Å². The third-order valence-electron chi connectivity index (χ3n) is 4.01. The highest BCUT2D eigenvalue weighted by molar-refractivity contribution is 7.14. The first-order valence-corrected chi connectivity index (χ1v) is 10.3. The van der Waals surface area contributed by atoms with Gasteiger partial charge in [0.1, 0.15) is 0 Å². The van der Waals surface area contributed by atoms with Crippen molar-refractivity contribution in [2.75, 3.05) is 10.4 Å². The van der Waals surface area contributed by atoms with Crippen LogP contribution >= 0.6 is 22.7 Å². The summed E-state index contributed by atoms with van der Waals surface area (Å²) in [5.41, 5.74) is 5.01. The fourth-order valence-corrected chi connectivity index (χ4v) is 3.94. The van der Waals surface area contributed by atoms with Crippen molar-refractivity contribution in [3.63, 3.8) is 0 Å². The van der Waals surface area contributed by atoms with Crippen LogP contribution in [0.25, 0.3) is 11.3 Å². The van der Waals surface area contributed by atoms with Gasteiger partial charge in [-0.05, 0) is 12.1 Å². The largest absolute Gasteiger partial charge is 0.463 e. The van der Waals surface area contributed by atoms with Crippen LogP contribution in [0, 0.1) is 0 Å². The lowest BCUT2D eigenvalue weighted by Crippen LogP contribution is -2.28. The zero-order valence-corrected chi connectivity index (χ0v) is 16.4. The number of carbonyl (C=O) groups excluding carboxylic acids is 1. The van der Waals surface area contributed by atoms with Gasteiger partial charge in [-0.25, -0.2) is 9.97 Å². The van der Waals surface area contributed by atoms with Crippen molar-refractivity contribution in [1.82, 2.24) is 9.97 Å². The first kappa shape index (κ1) is 17.5. The Morgan fingerprint density at radius 3 is 2.76 bits per heavy atom. The Labute approximate surface area is 172 Å². The highest BCUT2D eigenvalue weighted by Crippen LogP contribution is 2.30. The first-order valence-electron chi connectivity index (χ1n) is 8.51. The molecule has 0 radical (unpaired) electrons. The molecule has 0 bridgehead atoms. The van der Waals surface area contributed by atoms with Gasteiger partial charge in [-0.2, -0.15) is 15.2 Å². The molecule has 3 aromatic heterocycles. The Morgan fingerprint density at radius 2 is 2.00 bits per heavy atom. The molecule has 10 heteroatoms. The predicted molar refractivity (Wildman–Crippen MR) is 113 cm³/mol. The molecular weight excluding hydrogens is 408 g/mol. The molecule has 142 valence electrons. The van der Waals surface area contributed by atoms with Crippen LogP contribution in [0.3, 0.4) is 0 Å². The second-order valence-corrected chi connectivity index (χ2v) is 7.56. The van der Waals surface area contributed by atoms with Crippen LogP contribution in [0.5, 0.6) is 0 Å². The van der Waals surface area contributed by atoms with Crippen molar-refractivity contribution in [2.45, 2.75) is 0 Å². The molecule has 0 fully saturated rings. The van der Waals surface area contributed by atoms with Gasteiger partial charge in [0.2, 0.25) is 10.3 Å². The molecule has 1 N–H and O–H groups in total. The van der Waals surface area contributed by atoms with Gasteiger partial charge in [0.25, 0.3) is 0 Å². The second kappa shape index (κ2) is 7.41. The van der Waals surface area contributed by atoms with Crippen molar-refractivity contribution < 1.29 is 9.21 Å². The number of thiazole rings is 2. The molecule has 8 nitrogen and oxygen atoms in total. The van der Waals surface area contributed by atoms with Gasteiger partial charge in [-0.15, -0.1) is 22.7 Å². The van der Waals surface area contributed by atoms with Crippen molar-refractivity contribution >= 4 is 50.3 Å². The minimum atomic E-state index is -0.394. The van der Waals surface area contributed by atoms with E-state index in [1.165, 1.54) is 33.9 Å². The molecule has 4 heterocycles. The van der Waals surface area contributed by atoms with Crippen molar-refractivity contribution in [3.8, 4) is 11.3 Å². The molecular formula is C19H12N6O2S2. The predicted octanol–water partition coefficient (Wildman–Crippen LogP) is 4.08. The van der Waals surface area contributed by atoms with E-state index in [1.807, 2.05) is 41.1 Å². The summed E-state index contributed by atoms with van der Waals surface area (Å²) in [6.07, 6.45) is 3.17. The second-order valence-electron chi connectivity index (χ2n) is 5.83. The summed E-state index contributed by atoms with van der Waals surface area (Å²) in [5.74, 6) is 0.0507. The Balaban J connectivity index is 1.50. The van der Waals surface area contributed by atoms with Crippen molar-refractivity contribution in [2.24, 2.45) is 10.2 Å². The van der Waals surface area contributed by atoms with Crippen molar-refractivity contribution in [1.29, 1.82) is 0 Å². The van der Waals surface area contributed by atoms with Crippen LogP contribution < -0.4 is 10.4 Å². The topological polar surface area (TPSA) is 96.0 Å². The molecule has 1 aromatic carbocycles. The Morgan fingerprint density at radius 1 is 1.10 bits per heavy atom. The summed E-state index contributed by atoms with van der Waals surface area (Å²) in [6.45, 7) is 0. The molecule has 0 atom stereocenters. The fourth-order valence-electron chi connectivity index (χ4n) is 2.69. The summed E-state index contributed by atoms with van der Waals surface area (Å²) < 4.78 is 5.44. The van der Waals surface area contributed by atoms with Crippen molar-refractivity contribution in [3.05, 3.63) is 71.4 Å². The molecule has 0 saturated carbocycles. The van der Waals surface area contributed by atoms with Crippen LogP contribution in [0.15, 0.2) is 80.3 Å². The molecule has 5 rings (SSSR count). The standard InChI is InChI=1S/C19H12N6O2S2/c26-17-16(22-23-18-20-8-10-28-18)15(14-7-4-9-27-14)24-25(17)19-21-13(11-29-19)12-5-2-1-3-6-12/h1-11H,(H,20,23)/b22-16+. The summed E-state index contributed by atoms with van der Waals surface area (Å²) in [7, 11) is 0. The van der Waals surface area contributed by atoms with Crippen LogP contribution in [0.4, 0.5) is 10.3 Å². The molecule has 0 aliphatic carbocycles. The van der Waals surface area contributed by atoms with E-state index in [4.69, 9.17) is 4.42 Å². The maximum Gasteiger partial charge on any atom is 0.303 e. The SMILES string of the molecule is O=C1/C(=N/Nc2nccs2)C(c2ccco2)=NN1c1nc(-c2ccccc2)cs1. The van der Waals surface area contributed by atoms with Gasteiger partial charge in [-0.1, -0.05) is 30.3 Å². The van der Waals surface area contributed by atoms with E-state index in [1.54, 1.807) is 18.3 Å².